The van der Waals surface area contributed by atoms with Crippen LogP contribution in [0, 0.1) is 5.82 Å². The molecule has 5 nitrogen and oxygen atoms in total. The van der Waals surface area contributed by atoms with Gasteiger partial charge in [-0.15, -0.1) is 0 Å². The van der Waals surface area contributed by atoms with Crippen LogP contribution < -0.4 is 4.74 Å². The molecule has 6 heteroatoms. The first-order chi connectivity index (χ1) is 9.47. The van der Waals surface area contributed by atoms with E-state index in [9.17, 15) is 9.50 Å². The molecule has 2 aromatic rings. The highest BCUT2D eigenvalue weighted by molar-refractivity contribution is 5.35. The monoisotopic (exact) mass is 280 g/mol. The molecule has 0 bridgehead atoms. The van der Waals surface area contributed by atoms with Gasteiger partial charge in [0.1, 0.15) is 11.6 Å². The van der Waals surface area contributed by atoms with E-state index in [2.05, 4.69) is 10.1 Å². The molecule has 0 aliphatic carbocycles. The Morgan fingerprint density at radius 1 is 1.35 bits per heavy atom. The number of benzene rings is 1. The Kier molecular flexibility index (Phi) is 4.34. The number of rotatable bonds is 5. The van der Waals surface area contributed by atoms with Crippen molar-refractivity contribution in [2.75, 3.05) is 0 Å². The lowest BCUT2D eigenvalue weighted by atomic mass is 10.1. The van der Waals surface area contributed by atoms with E-state index in [1.54, 1.807) is 6.92 Å². The maximum absolute atomic E-state index is 13.2. The smallest absolute Gasteiger partial charge is 0.264 e. The molecule has 0 spiro atoms. The van der Waals surface area contributed by atoms with Gasteiger partial charge >= 0.3 is 0 Å². The fourth-order valence-electron chi connectivity index (χ4n) is 1.68. The van der Waals surface area contributed by atoms with Gasteiger partial charge in [0.25, 0.3) is 5.89 Å². The van der Waals surface area contributed by atoms with Crippen LogP contribution in [0.4, 0.5) is 4.39 Å². The highest BCUT2D eigenvalue weighted by atomic mass is 19.1. The van der Waals surface area contributed by atoms with E-state index in [4.69, 9.17) is 9.26 Å². The zero-order chi connectivity index (χ0) is 14.7. The summed E-state index contributed by atoms with van der Waals surface area (Å²) in [7, 11) is 0. The third-order valence-corrected chi connectivity index (χ3v) is 2.78. The summed E-state index contributed by atoms with van der Waals surface area (Å²) in [5.74, 6) is 0.907. The van der Waals surface area contributed by atoms with Gasteiger partial charge in [-0.3, -0.25) is 0 Å². The molecule has 108 valence electrons. The van der Waals surface area contributed by atoms with Crippen LogP contribution in [0.2, 0.25) is 0 Å². The van der Waals surface area contributed by atoms with Gasteiger partial charge in [-0.25, -0.2) is 4.39 Å². The molecule has 0 saturated heterocycles. The molecule has 0 saturated carbocycles. The topological polar surface area (TPSA) is 68.4 Å². The summed E-state index contributed by atoms with van der Waals surface area (Å²) < 4.78 is 23.7. The molecular formula is C14H17FN2O3. The Morgan fingerprint density at radius 3 is 2.70 bits per heavy atom. The molecule has 1 N–H and O–H groups in total. The first kappa shape index (κ1) is 14.5. The summed E-state index contributed by atoms with van der Waals surface area (Å²) in [6.07, 6.45) is -0.750. The Morgan fingerprint density at radius 2 is 2.10 bits per heavy atom. The van der Waals surface area contributed by atoms with Gasteiger partial charge in [0.2, 0.25) is 0 Å². The highest BCUT2D eigenvalue weighted by Crippen LogP contribution is 2.26. The second kappa shape index (κ2) is 6.00. The van der Waals surface area contributed by atoms with E-state index in [0.29, 0.717) is 17.3 Å². The lowest BCUT2D eigenvalue weighted by Crippen LogP contribution is -2.02. The molecule has 0 aliphatic rings. The SMILES string of the molecule is CC(C)c1noc(COc2cc(F)ccc2C(C)O)n1. The summed E-state index contributed by atoms with van der Waals surface area (Å²) in [4.78, 5) is 4.16. The van der Waals surface area contributed by atoms with Crippen molar-refractivity contribution in [2.45, 2.75) is 39.4 Å². The highest BCUT2D eigenvalue weighted by Gasteiger charge is 2.13. The third kappa shape index (κ3) is 3.33. The molecular weight excluding hydrogens is 263 g/mol. The van der Waals surface area contributed by atoms with Crippen LogP contribution >= 0.6 is 0 Å². The van der Waals surface area contributed by atoms with E-state index in [0.717, 1.165) is 0 Å². The minimum Gasteiger partial charge on any atom is -0.483 e. The molecule has 0 radical (unpaired) electrons. The molecule has 0 fully saturated rings. The van der Waals surface area contributed by atoms with Crippen LogP contribution in [-0.2, 0) is 6.61 Å². The van der Waals surface area contributed by atoms with Crippen molar-refractivity contribution in [3.8, 4) is 5.75 Å². The van der Waals surface area contributed by atoms with Crippen LogP contribution in [0.15, 0.2) is 22.7 Å². The van der Waals surface area contributed by atoms with Crippen molar-refractivity contribution in [1.29, 1.82) is 0 Å². The average molecular weight is 280 g/mol. The number of hydrogen-bond acceptors (Lipinski definition) is 5. The maximum Gasteiger partial charge on any atom is 0.264 e. The van der Waals surface area contributed by atoms with Gasteiger partial charge in [-0.2, -0.15) is 4.98 Å². The summed E-state index contributed by atoms with van der Waals surface area (Å²) in [6.45, 7) is 5.52. The molecule has 1 aromatic heterocycles. The van der Waals surface area contributed by atoms with Crippen molar-refractivity contribution < 1.29 is 18.8 Å². The van der Waals surface area contributed by atoms with Crippen LogP contribution in [0.25, 0.3) is 0 Å². The summed E-state index contributed by atoms with van der Waals surface area (Å²) >= 11 is 0. The quantitative estimate of drug-likeness (QED) is 0.912. The zero-order valence-corrected chi connectivity index (χ0v) is 11.6. The average Bonchev–Trinajstić information content (AvgIpc) is 2.85. The Labute approximate surface area is 116 Å². The van der Waals surface area contributed by atoms with Gasteiger partial charge in [0.15, 0.2) is 12.4 Å². The summed E-state index contributed by atoms with van der Waals surface area (Å²) in [5.41, 5.74) is 0.509. The van der Waals surface area contributed by atoms with Crippen molar-refractivity contribution in [1.82, 2.24) is 10.1 Å². The Hall–Kier alpha value is -1.95. The molecule has 20 heavy (non-hydrogen) atoms. The molecule has 1 heterocycles. The number of aliphatic hydroxyl groups excluding tert-OH is 1. The van der Waals surface area contributed by atoms with Crippen LogP contribution in [-0.4, -0.2) is 15.2 Å². The van der Waals surface area contributed by atoms with Crippen LogP contribution in [0.1, 0.15) is 50.1 Å². The molecule has 1 aromatic carbocycles. The maximum atomic E-state index is 13.2. The van der Waals surface area contributed by atoms with Crippen LogP contribution in [0.3, 0.4) is 0 Å². The van der Waals surface area contributed by atoms with E-state index >= 15 is 0 Å². The van der Waals surface area contributed by atoms with E-state index in [-0.39, 0.29) is 18.3 Å². The molecule has 0 aliphatic heterocycles. The van der Waals surface area contributed by atoms with E-state index in [1.807, 2.05) is 13.8 Å². The minimum atomic E-state index is -0.750. The predicted octanol–water partition coefficient (Wildman–Crippen LogP) is 2.96. The molecule has 0 amide bonds. The number of ether oxygens (including phenoxy) is 1. The Balaban J connectivity index is 2.11. The zero-order valence-electron chi connectivity index (χ0n) is 11.6. The summed E-state index contributed by atoms with van der Waals surface area (Å²) in [6, 6.07) is 3.99. The van der Waals surface area contributed by atoms with Gasteiger partial charge in [-0.05, 0) is 19.1 Å². The number of halogens is 1. The largest absolute Gasteiger partial charge is 0.483 e. The van der Waals surface area contributed by atoms with E-state index in [1.165, 1.54) is 18.2 Å². The summed E-state index contributed by atoms with van der Waals surface area (Å²) in [5, 5.41) is 13.4. The molecule has 2 rings (SSSR count). The van der Waals surface area contributed by atoms with Gasteiger partial charge in [-0.1, -0.05) is 19.0 Å². The van der Waals surface area contributed by atoms with Crippen molar-refractivity contribution >= 4 is 0 Å². The fourth-order valence-corrected chi connectivity index (χ4v) is 1.68. The third-order valence-electron chi connectivity index (χ3n) is 2.78. The molecule has 1 atom stereocenters. The van der Waals surface area contributed by atoms with E-state index < -0.39 is 11.9 Å². The molecule has 1 unspecified atom stereocenters. The Bertz CT molecular complexity index is 582. The standard InChI is InChI=1S/C14H17FN2O3/c1-8(2)14-16-13(20-17-14)7-19-12-6-10(15)4-5-11(12)9(3)18/h4-6,8-9,18H,7H2,1-3H3. The van der Waals surface area contributed by atoms with Crippen molar-refractivity contribution in [3.63, 3.8) is 0 Å². The first-order valence-electron chi connectivity index (χ1n) is 6.40. The van der Waals surface area contributed by atoms with Crippen molar-refractivity contribution in [2.24, 2.45) is 0 Å². The normalized spacial score (nSPS) is 12.7. The number of aliphatic hydroxyl groups is 1. The van der Waals surface area contributed by atoms with Crippen LogP contribution in [0.5, 0.6) is 5.75 Å². The number of nitrogens with zero attached hydrogens (tertiary/aromatic N) is 2. The number of hydrogen-bond donors (Lipinski definition) is 1. The minimum absolute atomic E-state index is 0.0306. The number of aromatic nitrogens is 2. The second-order valence-corrected chi connectivity index (χ2v) is 4.85. The lowest BCUT2D eigenvalue weighted by molar-refractivity contribution is 0.185. The first-order valence-corrected chi connectivity index (χ1v) is 6.40. The van der Waals surface area contributed by atoms with Gasteiger partial charge in [0.05, 0.1) is 6.10 Å². The van der Waals surface area contributed by atoms with Gasteiger partial charge < -0.3 is 14.4 Å². The second-order valence-electron chi connectivity index (χ2n) is 4.85. The lowest BCUT2D eigenvalue weighted by Gasteiger charge is -2.12. The van der Waals surface area contributed by atoms with Gasteiger partial charge in [0, 0.05) is 17.5 Å². The van der Waals surface area contributed by atoms with Crippen molar-refractivity contribution in [3.05, 3.63) is 41.3 Å². The predicted molar refractivity (Wildman–Crippen MR) is 69.8 cm³/mol. The fraction of sp³-hybridized carbons (Fsp3) is 0.429.